The minimum atomic E-state index is -1.35. The van der Waals surface area contributed by atoms with E-state index < -0.39 is 16.4 Å². The summed E-state index contributed by atoms with van der Waals surface area (Å²) >= 11 is 1.28. The minimum absolute atomic E-state index is 0.130. The number of thioether (sulfide) groups is 1. The molecule has 1 spiro atoms. The fourth-order valence-electron chi connectivity index (χ4n) is 6.15. The van der Waals surface area contributed by atoms with Crippen LogP contribution in [0.1, 0.15) is 42.3 Å². The van der Waals surface area contributed by atoms with Gasteiger partial charge in [-0.3, -0.25) is 19.4 Å². The molecule has 3 heterocycles. The zero-order chi connectivity index (χ0) is 30.0. The second-order valence-corrected chi connectivity index (χ2v) is 12.0. The second kappa shape index (κ2) is 9.84. The summed E-state index contributed by atoms with van der Waals surface area (Å²) in [6.45, 7) is 5.93. The zero-order valence-electron chi connectivity index (χ0n) is 24.1. The van der Waals surface area contributed by atoms with Crippen molar-refractivity contribution in [1.29, 1.82) is 0 Å². The van der Waals surface area contributed by atoms with Gasteiger partial charge < -0.3 is 18.9 Å². The monoisotopic (exact) mass is 586 g/mol. The van der Waals surface area contributed by atoms with E-state index in [9.17, 15) is 14.4 Å². The molecule has 0 saturated carbocycles. The molecule has 3 aliphatic rings. The van der Waals surface area contributed by atoms with Gasteiger partial charge in [0.15, 0.2) is 11.5 Å². The van der Waals surface area contributed by atoms with Crippen LogP contribution in [0.2, 0.25) is 0 Å². The molecule has 216 valence electrons. The van der Waals surface area contributed by atoms with Crippen LogP contribution < -0.4 is 28.7 Å². The highest BCUT2D eigenvalue weighted by Crippen LogP contribution is 2.60. The summed E-state index contributed by atoms with van der Waals surface area (Å²) in [5.74, 6) is 0.330. The highest BCUT2D eigenvalue weighted by Gasteiger charge is 2.64. The molecule has 6 rings (SSSR count). The highest BCUT2D eigenvalue weighted by molar-refractivity contribution is 8.02. The molecular weight excluding hydrogens is 556 g/mol. The first kappa shape index (κ1) is 27.7. The molecule has 3 aromatic rings. The van der Waals surface area contributed by atoms with E-state index in [1.54, 1.807) is 21.9 Å². The first-order valence-corrected chi connectivity index (χ1v) is 14.3. The number of rotatable bonds is 6. The van der Waals surface area contributed by atoms with E-state index >= 15 is 0 Å². The van der Waals surface area contributed by atoms with Crippen molar-refractivity contribution < 1.29 is 33.3 Å². The molecule has 10 heteroatoms. The number of ether oxygens (including phenoxy) is 4. The maximum atomic E-state index is 14.5. The summed E-state index contributed by atoms with van der Waals surface area (Å²) in [7, 11) is 4.42. The van der Waals surface area contributed by atoms with E-state index in [0.717, 1.165) is 16.8 Å². The van der Waals surface area contributed by atoms with Crippen LogP contribution in [0.5, 0.6) is 23.0 Å². The fourth-order valence-corrected chi connectivity index (χ4v) is 7.47. The van der Waals surface area contributed by atoms with Crippen LogP contribution in [0, 0.1) is 0 Å². The Labute approximate surface area is 248 Å². The van der Waals surface area contributed by atoms with E-state index in [4.69, 9.17) is 18.9 Å². The quantitative estimate of drug-likeness (QED) is 0.280. The average Bonchev–Trinajstić information content (AvgIpc) is 3.45. The molecule has 1 unspecified atom stereocenters. The third kappa shape index (κ3) is 3.88. The van der Waals surface area contributed by atoms with E-state index in [1.165, 1.54) is 45.2 Å². The van der Waals surface area contributed by atoms with Crippen molar-refractivity contribution in [2.75, 3.05) is 36.9 Å². The summed E-state index contributed by atoms with van der Waals surface area (Å²) in [4.78, 5) is 43.5. The molecule has 0 aromatic heterocycles. The third-order valence-electron chi connectivity index (χ3n) is 7.83. The van der Waals surface area contributed by atoms with Crippen molar-refractivity contribution in [2.45, 2.75) is 31.2 Å². The third-order valence-corrected chi connectivity index (χ3v) is 9.22. The van der Waals surface area contributed by atoms with Crippen LogP contribution in [0.15, 0.2) is 60.7 Å². The average molecular weight is 587 g/mol. The number of benzene rings is 3. The molecule has 0 radical (unpaired) electrons. The number of esters is 1. The fraction of sp³-hybridized carbons (Fsp3) is 0.281. The lowest BCUT2D eigenvalue weighted by molar-refractivity contribution is -0.124. The smallest absolute Gasteiger partial charge is 0.343 e. The van der Waals surface area contributed by atoms with Crippen molar-refractivity contribution in [2.24, 2.45) is 0 Å². The SMILES string of the molecule is COc1cc(C(=O)Oc2cc3c4c(c2)C2(SCC(=O)N2c2ccccc2)C(=O)N4C(C)(C)C=C3C)cc(OC)c1OC. The lowest BCUT2D eigenvalue weighted by atomic mass is 9.89. The number of amides is 2. The summed E-state index contributed by atoms with van der Waals surface area (Å²) < 4.78 is 22.1. The lowest BCUT2D eigenvalue weighted by Crippen LogP contribution is -2.54. The summed E-state index contributed by atoms with van der Waals surface area (Å²) in [6, 6.07) is 15.7. The number of para-hydroxylation sites is 1. The van der Waals surface area contributed by atoms with Crippen LogP contribution >= 0.6 is 11.8 Å². The van der Waals surface area contributed by atoms with Gasteiger partial charge in [0.05, 0.1) is 43.9 Å². The number of hydrogen-bond donors (Lipinski definition) is 0. The van der Waals surface area contributed by atoms with Gasteiger partial charge in [-0.2, -0.15) is 0 Å². The Bertz CT molecular complexity index is 1660. The molecule has 9 nitrogen and oxygen atoms in total. The second-order valence-electron chi connectivity index (χ2n) is 10.8. The van der Waals surface area contributed by atoms with E-state index in [1.807, 2.05) is 57.2 Å². The van der Waals surface area contributed by atoms with Gasteiger partial charge in [0.2, 0.25) is 16.5 Å². The zero-order valence-corrected chi connectivity index (χ0v) is 25.0. The standard InChI is InChI=1S/C32H30N2O7S/c1-18-16-31(2,3)34-27-22(18)14-21(41-29(36)19-12-24(38-4)28(40-6)25(13-19)39-5)15-23(27)32(30(34)37)33(26(35)17-42-32)20-10-8-7-9-11-20/h7-16H,17H2,1-6H3. The number of carbonyl (C=O) groups excluding carboxylic acids is 3. The van der Waals surface area contributed by atoms with Gasteiger partial charge in [0.1, 0.15) is 5.75 Å². The molecule has 0 bridgehead atoms. The van der Waals surface area contributed by atoms with Crippen molar-refractivity contribution in [3.8, 4) is 23.0 Å². The van der Waals surface area contributed by atoms with Crippen LogP contribution in [0.25, 0.3) is 5.57 Å². The van der Waals surface area contributed by atoms with Gasteiger partial charge in [-0.1, -0.05) is 24.3 Å². The number of carbonyl (C=O) groups is 3. The lowest BCUT2D eigenvalue weighted by Gasteiger charge is -2.40. The van der Waals surface area contributed by atoms with Gasteiger partial charge in [0.25, 0.3) is 5.91 Å². The summed E-state index contributed by atoms with van der Waals surface area (Å²) in [6.07, 6.45) is 2.02. The van der Waals surface area contributed by atoms with Gasteiger partial charge in [-0.25, -0.2) is 4.79 Å². The highest BCUT2D eigenvalue weighted by atomic mass is 32.2. The van der Waals surface area contributed by atoms with Crippen LogP contribution in [0.3, 0.4) is 0 Å². The van der Waals surface area contributed by atoms with Crippen molar-refractivity contribution in [3.63, 3.8) is 0 Å². The molecule has 2 amide bonds. The Morgan fingerprint density at radius 1 is 0.905 bits per heavy atom. The molecule has 0 aliphatic carbocycles. The van der Waals surface area contributed by atoms with E-state index in [2.05, 4.69) is 0 Å². The maximum absolute atomic E-state index is 14.5. The number of nitrogens with zero attached hydrogens (tertiary/aromatic N) is 2. The van der Waals surface area contributed by atoms with Crippen molar-refractivity contribution >= 4 is 46.5 Å². The number of anilines is 2. The molecule has 3 aromatic carbocycles. The Balaban J connectivity index is 1.51. The molecule has 1 saturated heterocycles. The molecule has 0 N–H and O–H groups in total. The minimum Gasteiger partial charge on any atom is -0.493 e. The molecule has 42 heavy (non-hydrogen) atoms. The predicted molar refractivity (Wildman–Crippen MR) is 161 cm³/mol. The molecular formula is C32H30N2O7S. The Kier molecular flexibility index (Phi) is 6.49. The Hall–Kier alpha value is -4.44. The van der Waals surface area contributed by atoms with Gasteiger partial charge in [-0.15, -0.1) is 11.8 Å². The predicted octanol–water partition coefficient (Wildman–Crippen LogP) is 5.41. The maximum Gasteiger partial charge on any atom is 0.343 e. The largest absolute Gasteiger partial charge is 0.493 e. The Morgan fingerprint density at radius 3 is 2.19 bits per heavy atom. The molecule has 3 aliphatic heterocycles. The first-order valence-electron chi connectivity index (χ1n) is 13.3. The van der Waals surface area contributed by atoms with Crippen molar-refractivity contribution in [1.82, 2.24) is 0 Å². The number of methoxy groups -OCH3 is 3. The van der Waals surface area contributed by atoms with E-state index in [0.29, 0.717) is 28.5 Å². The van der Waals surface area contributed by atoms with Crippen molar-refractivity contribution in [3.05, 3.63) is 77.4 Å². The summed E-state index contributed by atoms with van der Waals surface area (Å²) in [5.41, 5.74) is 3.20. The first-order chi connectivity index (χ1) is 20.1. The van der Waals surface area contributed by atoms with Crippen LogP contribution in [-0.2, 0) is 14.5 Å². The van der Waals surface area contributed by atoms with Gasteiger partial charge >= 0.3 is 5.97 Å². The topological polar surface area (TPSA) is 94.6 Å². The Morgan fingerprint density at radius 2 is 1.57 bits per heavy atom. The summed E-state index contributed by atoms with van der Waals surface area (Å²) in [5, 5.41) is 0. The molecule has 1 fully saturated rings. The number of allylic oxidation sites excluding steroid dienone is 1. The van der Waals surface area contributed by atoms with Gasteiger partial charge in [0, 0.05) is 16.8 Å². The van der Waals surface area contributed by atoms with E-state index in [-0.39, 0.29) is 28.9 Å². The number of hydrogen-bond acceptors (Lipinski definition) is 8. The van der Waals surface area contributed by atoms with Gasteiger partial charge in [-0.05, 0) is 62.7 Å². The van der Waals surface area contributed by atoms with Crippen LogP contribution in [-0.4, -0.2) is 50.4 Å². The molecule has 1 atom stereocenters. The van der Waals surface area contributed by atoms with Crippen LogP contribution in [0.4, 0.5) is 11.4 Å². The number of fused-ring (bicyclic) bond motifs is 1. The normalized spacial score (nSPS) is 20.0.